The summed E-state index contributed by atoms with van der Waals surface area (Å²) in [6.45, 7) is 2.91. The lowest BCUT2D eigenvalue weighted by atomic mass is 9.93. The SMILES string of the molecule is CC1(O)CCN(C(=O)c2cc(N)cc(Cl)c2)CC1. The molecule has 1 aromatic carbocycles. The molecule has 18 heavy (non-hydrogen) atoms. The zero-order valence-corrected chi connectivity index (χ0v) is 11.1. The minimum Gasteiger partial charge on any atom is -0.399 e. The minimum absolute atomic E-state index is 0.0836. The molecule has 0 saturated carbocycles. The van der Waals surface area contributed by atoms with Crippen molar-refractivity contribution >= 4 is 23.2 Å². The average Bonchev–Trinajstić information content (AvgIpc) is 2.27. The van der Waals surface area contributed by atoms with Gasteiger partial charge in [-0.15, -0.1) is 0 Å². The van der Waals surface area contributed by atoms with E-state index in [1.54, 1.807) is 30.0 Å². The summed E-state index contributed by atoms with van der Waals surface area (Å²) in [5, 5.41) is 10.3. The highest BCUT2D eigenvalue weighted by Gasteiger charge is 2.30. The van der Waals surface area contributed by atoms with Crippen molar-refractivity contribution in [2.24, 2.45) is 0 Å². The lowest BCUT2D eigenvalue weighted by Gasteiger charge is -2.35. The third kappa shape index (κ3) is 2.94. The smallest absolute Gasteiger partial charge is 0.253 e. The third-order valence-corrected chi connectivity index (χ3v) is 3.51. The van der Waals surface area contributed by atoms with Crippen molar-refractivity contribution in [2.75, 3.05) is 18.8 Å². The number of nitrogens with two attached hydrogens (primary N) is 1. The maximum absolute atomic E-state index is 12.2. The van der Waals surface area contributed by atoms with Crippen molar-refractivity contribution in [3.8, 4) is 0 Å². The molecule has 2 rings (SSSR count). The van der Waals surface area contributed by atoms with Gasteiger partial charge in [-0.05, 0) is 38.0 Å². The second-order valence-corrected chi connectivity index (χ2v) is 5.50. The van der Waals surface area contributed by atoms with E-state index in [1.807, 2.05) is 0 Å². The van der Waals surface area contributed by atoms with Gasteiger partial charge in [0.05, 0.1) is 5.60 Å². The molecule has 1 fully saturated rings. The van der Waals surface area contributed by atoms with Crippen molar-refractivity contribution in [1.82, 2.24) is 4.90 Å². The van der Waals surface area contributed by atoms with Gasteiger partial charge in [0.1, 0.15) is 0 Å². The Labute approximate surface area is 111 Å². The highest BCUT2D eigenvalue weighted by Crippen LogP contribution is 2.24. The van der Waals surface area contributed by atoms with Gasteiger partial charge in [0, 0.05) is 29.4 Å². The first-order chi connectivity index (χ1) is 8.37. The van der Waals surface area contributed by atoms with E-state index in [0.717, 1.165) is 0 Å². The molecule has 0 radical (unpaired) electrons. The fourth-order valence-electron chi connectivity index (χ4n) is 2.11. The van der Waals surface area contributed by atoms with E-state index in [9.17, 15) is 9.90 Å². The van der Waals surface area contributed by atoms with Crippen molar-refractivity contribution in [2.45, 2.75) is 25.4 Å². The van der Waals surface area contributed by atoms with Crippen molar-refractivity contribution in [3.05, 3.63) is 28.8 Å². The molecule has 0 atom stereocenters. The number of aliphatic hydroxyl groups is 1. The van der Waals surface area contributed by atoms with Gasteiger partial charge < -0.3 is 15.7 Å². The zero-order valence-electron chi connectivity index (χ0n) is 10.3. The molecule has 1 amide bonds. The number of amides is 1. The minimum atomic E-state index is -0.663. The Morgan fingerprint density at radius 2 is 2.00 bits per heavy atom. The molecule has 1 aromatic rings. The molecule has 3 N–H and O–H groups in total. The quantitative estimate of drug-likeness (QED) is 0.765. The number of benzene rings is 1. The summed E-state index contributed by atoms with van der Waals surface area (Å²) >= 11 is 5.89. The van der Waals surface area contributed by atoms with E-state index in [2.05, 4.69) is 0 Å². The van der Waals surface area contributed by atoms with E-state index in [4.69, 9.17) is 17.3 Å². The maximum atomic E-state index is 12.2. The van der Waals surface area contributed by atoms with Gasteiger partial charge >= 0.3 is 0 Å². The van der Waals surface area contributed by atoms with Gasteiger partial charge in [0.25, 0.3) is 5.91 Å². The van der Waals surface area contributed by atoms with Crippen LogP contribution in [-0.4, -0.2) is 34.6 Å². The number of nitrogens with zero attached hydrogens (tertiary/aromatic N) is 1. The molecule has 0 spiro atoms. The summed E-state index contributed by atoms with van der Waals surface area (Å²) in [6.07, 6.45) is 1.18. The molecule has 1 aliphatic rings. The van der Waals surface area contributed by atoms with Crippen LogP contribution in [0.4, 0.5) is 5.69 Å². The highest BCUT2D eigenvalue weighted by atomic mass is 35.5. The number of nitrogen functional groups attached to an aromatic ring is 1. The van der Waals surface area contributed by atoms with Crippen LogP contribution in [0, 0.1) is 0 Å². The summed E-state index contributed by atoms with van der Waals surface area (Å²) in [7, 11) is 0. The molecule has 4 nitrogen and oxygen atoms in total. The molecule has 1 heterocycles. The summed E-state index contributed by atoms with van der Waals surface area (Å²) in [6, 6.07) is 4.85. The van der Waals surface area contributed by atoms with Crippen LogP contribution < -0.4 is 5.73 Å². The monoisotopic (exact) mass is 268 g/mol. The molecule has 0 aromatic heterocycles. The van der Waals surface area contributed by atoms with Gasteiger partial charge in [-0.25, -0.2) is 0 Å². The molecular weight excluding hydrogens is 252 g/mol. The maximum Gasteiger partial charge on any atom is 0.253 e. The summed E-state index contributed by atoms with van der Waals surface area (Å²) < 4.78 is 0. The Balaban J connectivity index is 2.12. The number of anilines is 1. The lowest BCUT2D eigenvalue weighted by molar-refractivity contribution is -0.00202. The molecule has 1 aliphatic heterocycles. The Morgan fingerprint density at radius 3 is 2.56 bits per heavy atom. The van der Waals surface area contributed by atoms with Crippen LogP contribution in [0.5, 0.6) is 0 Å². The van der Waals surface area contributed by atoms with E-state index in [0.29, 0.717) is 42.2 Å². The van der Waals surface area contributed by atoms with Crippen LogP contribution in [0.3, 0.4) is 0 Å². The van der Waals surface area contributed by atoms with Crippen LogP contribution in [-0.2, 0) is 0 Å². The fraction of sp³-hybridized carbons (Fsp3) is 0.462. The fourth-order valence-corrected chi connectivity index (χ4v) is 2.35. The van der Waals surface area contributed by atoms with E-state index in [-0.39, 0.29) is 5.91 Å². The summed E-state index contributed by atoms with van der Waals surface area (Å²) in [4.78, 5) is 14.0. The summed E-state index contributed by atoms with van der Waals surface area (Å²) in [5.41, 5.74) is 5.99. The Kier molecular flexibility index (Phi) is 3.50. The van der Waals surface area contributed by atoms with Gasteiger partial charge in [-0.1, -0.05) is 11.6 Å². The van der Waals surface area contributed by atoms with Crippen molar-refractivity contribution < 1.29 is 9.90 Å². The van der Waals surface area contributed by atoms with Crippen LogP contribution in [0.2, 0.25) is 5.02 Å². The molecule has 5 heteroatoms. The number of likely N-dealkylation sites (tertiary alicyclic amines) is 1. The number of rotatable bonds is 1. The molecule has 0 unspecified atom stereocenters. The zero-order chi connectivity index (χ0) is 13.3. The van der Waals surface area contributed by atoms with Crippen LogP contribution in [0.15, 0.2) is 18.2 Å². The molecule has 0 aliphatic carbocycles. The second-order valence-electron chi connectivity index (χ2n) is 5.06. The average molecular weight is 269 g/mol. The Bertz CT molecular complexity index is 444. The van der Waals surface area contributed by atoms with Gasteiger partial charge in [-0.2, -0.15) is 0 Å². The standard InChI is InChI=1S/C13H17ClN2O2/c1-13(18)2-4-16(5-3-13)12(17)9-6-10(14)8-11(15)7-9/h6-8,18H,2-5,15H2,1H3. The van der Waals surface area contributed by atoms with E-state index >= 15 is 0 Å². The Morgan fingerprint density at radius 1 is 1.39 bits per heavy atom. The summed E-state index contributed by atoms with van der Waals surface area (Å²) in [5.74, 6) is -0.0836. The number of hydrogen-bond donors (Lipinski definition) is 2. The van der Waals surface area contributed by atoms with Gasteiger partial charge in [0.15, 0.2) is 0 Å². The Hall–Kier alpha value is -1.26. The highest BCUT2D eigenvalue weighted by molar-refractivity contribution is 6.31. The first-order valence-electron chi connectivity index (χ1n) is 5.95. The second kappa shape index (κ2) is 4.78. The predicted molar refractivity (Wildman–Crippen MR) is 71.6 cm³/mol. The number of piperidine rings is 1. The lowest BCUT2D eigenvalue weighted by Crippen LogP contribution is -2.45. The van der Waals surface area contributed by atoms with Crippen molar-refractivity contribution in [1.29, 1.82) is 0 Å². The van der Waals surface area contributed by atoms with Crippen LogP contribution >= 0.6 is 11.6 Å². The first-order valence-corrected chi connectivity index (χ1v) is 6.33. The number of carbonyl (C=O) groups is 1. The van der Waals surface area contributed by atoms with Crippen LogP contribution in [0.25, 0.3) is 0 Å². The molecule has 98 valence electrons. The molecular formula is C13H17ClN2O2. The molecule has 0 bridgehead atoms. The van der Waals surface area contributed by atoms with E-state index in [1.165, 1.54) is 0 Å². The normalized spacial score (nSPS) is 18.7. The number of halogens is 1. The van der Waals surface area contributed by atoms with E-state index < -0.39 is 5.60 Å². The van der Waals surface area contributed by atoms with Gasteiger partial charge in [-0.3, -0.25) is 4.79 Å². The first kappa shape index (κ1) is 13.2. The topological polar surface area (TPSA) is 66.6 Å². The van der Waals surface area contributed by atoms with Crippen LogP contribution in [0.1, 0.15) is 30.1 Å². The molecule has 1 saturated heterocycles. The predicted octanol–water partition coefficient (Wildman–Crippen LogP) is 1.91. The third-order valence-electron chi connectivity index (χ3n) is 3.29. The largest absolute Gasteiger partial charge is 0.399 e. The van der Waals surface area contributed by atoms with Gasteiger partial charge in [0.2, 0.25) is 0 Å². The van der Waals surface area contributed by atoms with Crippen molar-refractivity contribution in [3.63, 3.8) is 0 Å². The number of carbonyl (C=O) groups excluding carboxylic acids is 1. The number of hydrogen-bond acceptors (Lipinski definition) is 3.